The largest absolute Gasteiger partial charge is 0.416 e. The van der Waals surface area contributed by atoms with E-state index in [1.165, 1.54) is 18.7 Å². The number of hydrogen-bond donors (Lipinski definition) is 3. The zero-order valence-electron chi connectivity index (χ0n) is 21.1. The van der Waals surface area contributed by atoms with Crippen molar-refractivity contribution in [2.75, 3.05) is 6.54 Å². The van der Waals surface area contributed by atoms with Gasteiger partial charge in [-0.05, 0) is 61.8 Å². The van der Waals surface area contributed by atoms with Crippen molar-refractivity contribution in [1.29, 1.82) is 0 Å². The Morgan fingerprint density at radius 1 is 1.03 bits per heavy atom. The number of carbonyl (C=O) groups excluding carboxylic acids is 3. The van der Waals surface area contributed by atoms with Crippen LogP contribution < -0.4 is 10.6 Å². The Labute approximate surface area is 204 Å². The van der Waals surface area contributed by atoms with Gasteiger partial charge in [0.2, 0.25) is 11.8 Å². The molecule has 0 saturated carbocycles. The fourth-order valence-electron chi connectivity index (χ4n) is 4.18. The van der Waals surface area contributed by atoms with E-state index in [9.17, 15) is 32.7 Å². The minimum Gasteiger partial charge on any atom is -0.382 e. The molecule has 196 valence electrons. The topological polar surface area (TPSA) is 98.7 Å². The molecule has 1 heterocycles. The summed E-state index contributed by atoms with van der Waals surface area (Å²) in [6.07, 6.45) is -6.85. The van der Waals surface area contributed by atoms with E-state index in [1.807, 2.05) is 19.9 Å². The Balaban J connectivity index is 2.19. The molecule has 2 rings (SSSR count). The first-order chi connectivity index (χ1) is 16.1. The van der Waals surface area contributed by atoms with E-state index in [2.05, 4.69) is 10.6 Å². The van der Waals surface area contributed by atoms with Crippen molar-refractivity contribution in [1.82, 2.24) is 15.5 Å². The van der Waals surface area contributed by atoms with Crippen LogP contribution in [0, 0.1) is 25.7 Å². The Morgan fingerprint density at radius 3 is 2.17 bits per heavy atom. The molecule has 0 aromatic heterocycles. The maximum atomic E-state index is 13.4. The van der Waals surface area contributed by atoms with Crippen molar-refractivity contribution in [3.05, 3.63) is 34.9 Å². The number of hydrogen-bond acceptors (Lipinski definition) is 4. The van der Waals surface area contributed by atoms with Crippen molar-refractivity contribution in [3.63, 3.8) is 0 Å². The number of benzene rings is 1. The molecule has 0 spiro atoms. The standard InChI is InChI=1S/C25H36F3N3O4/c1-13(2)19(21(32)25(26,27)28)29-23(34)18-8-7-11-31(18)24(35)20(14(3)4)30-22(33)17-10-9-15(5)16(6)12-17/h9-10,12-14,18-21,32H,7-8,11H2,1-6H3,(H,29,34)(H,30,33)/t18-,19?,20-,21?/m0/s1. The fourth-order valence-corrected chi connectivity index (χ4v) is 4.18. The number of likely N-dealkylation sites (tertiary alicyclic amines) is 1. The van der Waals surface area contributed by atoms with Crippen molar-refractivity contribution >= 4 is 17.7 Å². The van der Waals surface area contributed by atoms with Crippen LogP contribution in [0.1, 0.15) is 62.0 Å². The molecule has 4 atom stereocenters. The second-order valence-electron chi connectivity index (χ2n) is 9.95. The molecule has 0 aliphatic carbocycles. The van der Waals surface area contributed by atoms with Gasteiger partial charge in [0.1, 0.15) is 12.1 Å². The van der Waals surface area contributed by atoms with Gasteiger partial charge in [-0.1, -0.05) is 33.8 Å². The Morgan fingerprint density at radius 2 is 1.66 bits per heavy atom. The second-order valence-corrected chi connectivity index (χ2v) is 9.95. The van der Waals surface area contributed by atoms with Gasteiger partial charge in [-0.2, -0.15) is 13.2 Å². The third kappa shape index (κ3) is 6.96. The lowest BCUT2D eigenvalue weighted by Crippen LogP contribution is -2.59. The van der Waals surface area contributed by atoms with E-state index < -0.39 is 54.0 Å². The summed E-state index contributed by atoms with van der Waals surface area (Å²) in [7, 11) is 0. The molecule has 1 aromatic rings. The van der Waals surface area contributed by atoms with E-state index in [0.717, 1.165) is 11.1 Å². The Hall–Kier alpha value is -2.62. The predicted octanol–water partition coefficient (Wildman–Crippen LogP) is 3.11. The highest BCUT2D eigenvalue weighted by molar-refractivity contribution is 5.98. The first kappa shape index (κ1) is 28.6. The first-order valence-electron chi connectivity index (χ1n) is 11.9. The summed E-state index contributed by atoms with van der Waals surface area (Å²) in [4.78, 5) is 40.5. The predicted molar refractivity (Wildman–Crippen MR) is 126 cm³/mol. The van der Waals surface area contributed by atoms with Gasteiger partial charge < -0.3 is 20.6 Å². The number of halogens is 3. The number of rotatable bonds is 8. The number of aryl methyl sites for hydroxylation is 2. The second kappa shape index (κ2) is 11.4. The van der Waals surface area contributed by atoms with E-state index >= 15 is 0 Å². The third-order valence-corrected chi connectivity index (χ3v) is 6.53. The number of nitrogens with zero attached hydrogens (tertiary/aromatic N) is 1. The minimum atomic E-state index is -4.89. The molecule has 7 nitrogen and oxygen atoms in total. The first-order valence-corrected chi connectivity index (χ1v) is 11.9. The number of alkyl halides is 3. The van der Waals surface area contributed by atoms with Crippen LogP contribution in [0.2, 0.25) is 0 Å². The van der Waals surface area contributed by atoms with Gasteiger partial charge in [-0.25, -0.2) is 0 Å². The number of nitrogens with one attached hydrogen (secondary N) is 2. The van der Waals surface area contributed by atoms with Crippen molar-refractivity contribution in [2.45, 2.75) is 84.8 Å². The molecule has 35 heavy (non-hydrogen) atoms. The lowest BCUT2D eigenvalue weighted by Gasteiger charge is -2.33. The molecule has 1 aliphatic heterocycles. The normalized spacial score (nSPS) is 19.0. The Bertz CT molecular complexity index is 933. The summed E-state index contributed by atoms with van der Waals surface area (Å²) in [5.74, 6) is -2.62. The maximum Gasteiger partial charge on any atom is 0.416 e. The zero-order chi connectivity index (χ0) is 26.7. The molecule has 1 saturated heterocycles. The van der Waals surface area contributed by atoms with Crippen molar-refractivity contribution < 1.29 is 32.7 Å². The van der Waals surface area contributed by atoms with Crippen LogP contribution >= 0.6 is 0 Å². The van der Waals surface area contributed by atoms with Crippen LogP contribution in [0.5, 0.6) is 0 Å². The van der Waals surface area contributed by atoms with E-state index in [4.69, 9.17) is 0 Å². The summed E-state index contributed by atoms with van der Waals surface area (Å²) < 4.78 is 39.3. The molecule has 1 fully saturated rings. The van der Waals surface area contributed by atoms with E-state index in [0.29, 0.717) is 12.0 Å². The molecular formula is C25H36F3N3O4. The fraction of sp³-hybridized carbons (Fsp3) is 0.640. The third-order valence-electron chi connectivity index (χ3n) is 6.53. The quantitative estimate of drug-likeness (QED) is 0.512. The lowest BCUT2D eigenvalue weighted by molar-refractivity contribution is -0.215. The van der Waals surface area contributed by atoms with Gasteiger partial charge in [0.05, 0.1) is 6.04 Å². The van der Waals surface area contributed by atoms with Gasteiger partial charge in [-0.3, -0.25) is 14.4 Å². The lowest BCUT2D eigenvalue weighted by atomic mass is 9.97. The van der Waals surface area contributed by atoms with Crippen LogP contribution in [0.25, 0.3) is 0 Å². The molecule has 2 unspecified atom stereocenters. The molecule has 1 aromatic carbocycles. The van der Waals surface area contributed by atoms with Gasteiger partial charge >= 0.3 is 6.18 Å². The summed E-state index contributed by atoms with van der Waals surface area (Å²) in [6, 6.07) is 1.77. The molecule has 3 amide bonds. The number of carbonyl (C=O) groups is 3. The van der Waals surface area contributed by atoms with Gasteiger partial charge in [0.15, 0.2) is 6.10 Å². The summed E-state index contributed by atoms with van der Waals surface area (Å²) >= 11 is 0. The number of aliphatic hydroxyl groups is 1. The van der Waals surface area contributed by atoms with Crippen LogP contribution in [0.3, 0.4) is 0 Å². The molecule has 0 radical (unpaired) electrons. The highest BCUT2D eigenvalue weighted by Crippen LogP contribution is 2.27. The smallest absolute Gasteiger partial charge is 0.382 e. The van der Waals surface area contributed by atoms with Gasteiger partial charge in [-0.15, -0.1) is 0 Å². The summed E-state index contributed by atoms with van der Waals surface area (Å²) in [6.45, 7) is 10.5. The van der Waals surface area contributed by atoms with Gasteiger partial charge in [0.25, 0.3) is 5.91 Å². The zero-order valence-corrected chi connectivity index (χ0v) is 21.1. The minimum absolute atomic E-state index is 0.244. The van der Waals surface area contributed by atoms with Gasteiger partial charge in [0, 0.05) is 12.1 Å². The van der Waals surface area contributed by atoms with E-state index in [-0.39, 0.29) is 18.9 Å². The van der Waals surface area contributed by atoms with Crippen LogP contribution in [-0.2, 0) is 9.59 Å². The van der Waals surface area contributed by atoms with Crippen LogP contribution in [-0.4, -0.2) is 64.7 Å². The molecular weight excluding hydrogens is 463 g/mol. The van der Waals surface area contributed by atoms with Crippen LogP contribution in [0.4, 0.5) is 13.2 Å². The molecule has 3 N–H and O–H groups in total. The SMILES string of the molecule is Cc1ccc(C(=O)N[C@H](C(=O)N2CCC[C@H]2C(=O)NC(C(C)C)C(O)C(F)(F)F)C(C)C)cc1C. The van der Waals surface area contributed by atoms with E-state index in [1.54, 1.807) is 26.0 Å². The average Bonchev–Trinajstić information content (AvgIpc) is 3.25. The number of amides is 3. The van der Waals surface area contributed by atoms with Crippen molar-refractivity contribution in [2.24, 2.45) is 11.8 Å². The molecule has 10 heteroatoms. The summed E-state index contributed by atoms with van der Waals surface area (Å²) in [5, 5.41) is 14.8. The average molecular weight is 500 g/mol. The van der Waals surface area contributed by atoms with Crippen LogP contribution in [0.15, 0.2) is 18.2 Å². The Kier molecular flexibility index (Phi) is 9.33. The summed E-state index contributed by atoms with van der Waals surface area (Å²) in [5.41, 5.74) is 2.37. The molecule has 1 aliphatic rings. The highest BCUT2D eigenvalue weighted by atomic mass is 19.4. The monoisotopic (exact) mass is 499 g/mol. The maximum absolute atomic E-state index is 13.4. The number of aliphatic hydroxyl groups excluding tert-OH is 1. The molecule has 0 bridgehead atoms. The highest BCUT2D eigenvalue weighted by Gasteiger charge is 2.46. The van der Waals surface area contributed by atoms with Crippen molar-refractivity contribution in [3.8, 4) is 0 Å².